The average molecular weight is 219 g/mol. The Kier molecular flexibility index (Phi) is 1.63. The summed E-state index contributed by atoms with van der Waals surface area (Å²) in [7, 11) is 0. The molecular formula is C10H9N3OS. The molecule has 5 heteroatoms. The van der Waals surface area contributed by atoms with Crippen molar-refractivity contribution in [1.82, 2.24) is 9.38 Å². The smallest absolute Gasteiger partial charge is 0.196 e. The SMILES string of the molecule is Cc1csc2nc(-c3ccco3)c(N)n12. The number of fused-ring (bicyclic) bond motifs is 1. The molecule has 15 heavy (non-hydrogen) atoms. The van der Waals surface area contributed by atoms with Crippen molar-refractivity contribution >= 4 is 22.1 Å². The summed E-state index contributed by atoms with van der Waals surface area (Å²) in [5, 5.41) is 2.03. The van der Waals surface area contributed by atoms with Crippen molar-refractivity contribution in [3.05, 3.63) is 29.5 Å². The maximum absolute atomic E-state index is 6.02. The summed E-state index contributed by atoms with van der Waals surface area (Å²) in [6, 6.07) is 3.69. The third kappa shape index (κ3) is 1.10. The number of imidazole rings is 1. The maximum Gasteiger partial charge on any atom is 0.196 e. The minimum atomic E-state index is 0.638. The van der Waals surface area contributed by atoms with Crippen LogP contribution in [0.5, 0.6) is 0 Å². The third-order valence-corrected chi connectivity index (χ3v) is 3.27. The van der Waals surface area contributed by atoms with Gasteiger partial charge in [-0.1, -0.05) is 0 Å². The average Bonchev–Trinajstić information content (AvgIpc) is 2.86. The van der Waals surface area contributed by atoms with Crippen molar-refractivity contribution in [3.8, 4) is 11.5 Å². The maximum atomic E-state index is 6.02. The molecule has 2 N–H and O–H groups in total. The first-order valence-corrected chi connectivity index (χ1v) is 5.41. The van der Waals surface area contributed by atoms with Crippen LogP contribution in [0.4, 0.5) is 5.82 Å². The van der Waals surface area contributed by atoms with Gasteiger partial charge in [-0.2, -0.15) is 0 Å². The Labute approximate surface area is 90.0 Å². The summed E-state index contributed by atoms with van der Waals surface area (Å²) < 4.78 is 7.22. The van der Waals surface area contributed by atoms with Crippen LogP contribution in [0.2, 0.25) is 0 Å². The molecule has 0 saturated heterocycles. The number of hydrogen-bond acceptors (Lipinski definition) is 4. The third-order valence-electron chi connectivity index (χ3n) is 2.32. The number of anilines is 1. The van der Waals surface area contributed by atoms with E-state index in [0.717, 1.165) is 16.3 Å². The second kappa shape index (κ2) is 2.87. The van der Waals surface area contributed by atoms with E-state index in [0.29, 0.717) is 11.6 Å². The van der Waals surface area contributed by atoms with E-state index in [2.05, 4.69) is 4.98 Å². The molecule has 3 rings (SSSR count). The monoisotopic (exact) mass is 219 g/mol. The Bertz CT molecular complexity index is 606. The van der Waals surface area contributed by atoms with Crippen LogP contribution in [0.25, 0.3) is 16.4 Å². The van der Waals surface area contributed by atoms with Gasteiger partial charge < -0.3 is 10.2 Å². The first-order chi connectivity index (χ1) is 7.27. The van der Waals surface area contributed by atoms with Gasteiger partial charge in [0.05, 0.1) is 6.26 Å². The molecule has 76 valence electrons. The zero-order valence-corrected chi connectivity index (χ0v) is 8.91. The molecule has 0 aliphatic carbocycles. The second-order valence-electron chi connectivity index (χ2n) is 3.32. The predicted octanol–water partition coefficient (Wildman–Crippen LogP) is 2.55. The molecule has 0 fully saturated rings. The normalized spacial score (nSPS) is 11.3. The Hall–Kier alpha value is -1.75. The van der Waals surface area contributed by atoms with Gasteiger partial charge in [0.25, 0.3) is 0 Å². The highest BCUT2D eigenvalue weighted by Crippen LogP contribution is 2.29. The Morgan fingerprint density at radius 3 is 3.07 bits per heavy atom. The van der Waals surface area contributed by atoms with Gasteiger partial charge in [-0.05, 0) is 19.1 Å². The number of hydrogen-bond donors (Lipinski definition) is 1. The summed E-state index contributed by atoms with van der Waals surface area (Å²) in [6.07, 6.45) is 1.62. The van der Waals surface area contributed by atoms with Crippen molar-refractivity contribution in [2.45, 2.75) is 6.92 Å². The van der Waals surface area contributed by atoms with Crippen molar-refractivity contribution in [2.24, 2.45) is 0 Å². The highest BCUT2D eigenvalue weighted by atomic mass is 32.1. The van der Waals surface area contributed by atoms with Crippen LogP contribution in [-0.2, 0) is 0 Å². The summed E-state index contributed by atoms with van der Waals surface area (Å²) in [5.41, 5.74) is 7.84. The van der Waals surface area contributed by atoms with Crippen molar-refractivity contribution in [1.29, 1.82) is 0 Å². The van der Waals surface area contributed by atoms with E-state index in [4.69, 9.17) is 10.2 Å². The molecule has 0 saturated carbocycles. The van der Waals surface area contributed by atoms with Crippen LogP contribution in [0.15, 0.2) is 28.2 Å². The van der Waals surface area contributed by atoms with Gasteiger partial charge in [0, 0.05) is 11.1 Å². The molecule has 0 spiro atoms. The second-order valence-corrected chi connectivity index (χ2v) is 4.15. The lowest BCUT2D eigenvalue weighted by Gasteiger charge is -1.95. The zero-order chi connectivity index (χ0) is 10.4. The summed E-state index contributed by atoms with van der Waals surface area (Å²) in [4.78, 5) is 5.34. The van der Waals surface area contributed by atoms with Gasteiger partial charge in [-0.3, -0.25) is 4.40 Å². The number of aryl methyl sites for hydroxylation is 1. The fourth-order valence-corrected chi connectivity index (χ4v) is 2.49. The van der Waals surface area contributed by atoms with Crippen LogP contribution in [0.1, 0.15) is 5.69 Å². The molecule has 3 heterocycles. The van der Waals surface area contributed by atoms with Crippen LogP contribution in [-0.4, -0.2) is 9.38 Å². The van der Waals surface area contributed by atoms with Crippen LogP contribution >= 0.6 is 11.3 Å². The zero-order valence-electron chi connectivity index (χ0n) is 8.10. The minimum Gasteiger partial charge on any atom is -0.463 e. The highest BCUT2D eigenvalue weighted by Gasteiger charge is 2.15. The molecule has 3 aromatic heterocycles. The molecular weight excluding hydrogens is 210 g/mol. The van der Waals surface area contributed by atoms with Crippen LogP contribution in [0, 0.1) is 6.92 Å². The van der Waals surface area contributed by atoms with Gasteiger partial charge in [-0.15, -0.1) is 11.3 Å². The van der Waals surface area contributed by atoms with Crippen molar-refractivity contribution in [2.75, 3.05) is 5.73 Å². The Morgan fingerprint density at radius 1 is 1.53 bits per heavy atom. The molecule has 0 aliphatic rings. The summed E-state index contributed by atoms with van der Waals surface area (Å²) in [5.74, 6) is 1.35. The molecule has 0 unspecified atom stereocenters. The lowest BCUT2D eigenvalue weighted by Crippen LogP contribution is -1.94. The molecule has 0 amide bonds. The van der Waals surface area contributed by atoms with E-state index < -0.39 is 0 Å². The number of nitrogens with two attached hydrogens (primary N) is 1. The van der Waals surface area contributed by atoms with Crippen LogP contribution < -0.4 is 5.73 Å². The number of nitrogen functional groups attached to an aromatic ring is 1. The van der Waals surface area contributed by atoms with E-state index in [9.17, 15) is 0 Å². The molecule has 3 aromatic rings. The lowest BCUT2D eigenvalue weighted by molar-refractivity contribution is 0.581. The molecule has 0 bridgehead atoms. The van der Waals surface area contributed by atoms with Gasteiger partial charge >= 0.3 is 0 Å². The number of furan rings is 1. The Morgan fingerprint density at radius 2 is 2.40 bits per heavy atom. The first kappa shape index (κ1) is 8.55. The van der Waals surface area contributed by atoms with E-state index in [1.807, 2.05) is 28.8 Å². The van der Waals surface area contributed by atoms with Gasteiger partial charge in [-0.25, -0.2) is 4.98 Å². The molecule has 4 nitrogen and oxygen atoms in total. The summed E-state index contributed by atoms with van der Waals surface area (Å²) >= 11 is 1.58. The lowest BCUT2D eigenvalue weighted by atomic mass is 10.3. The topological polar surface area (TPSA) is 56.5 Å². The number of aromatic nitrogens is 2. The summed E-state index contributed by atoms with van der Waals surface area (Å²) in [6.45, 7) is 2.01. The standard InChI is InChI=1S/C10H9N3OS/c1-6-5-15-10-12-8(9(11)13(6)10)7-3-2-4-14-7/h2-5H,11H2,1H3. The van der Waals surface area contributed by atoms with Gasteiger partial charge in [0.15, 0.2) is 10.7 Å². The van der Waals surface area contributed by atoms with E-state index in [1.165, 1.54) is 0 Å². The van der Waals surface area contributed by atoms with E-state index >= 15 is 0 Å². The molecule has 0 aliphatic heterocycles. The molecule has 0 atom stereocenters. The van der Waals surface area contributed by atoms with E-state index in [-0.39, 0.29) is 0 Å². The minimum absolute atomic E-state index is 0.638. The molecule has 0 aromatic carbocycles. The van der Waals surface area contributed by atoms with Gasteiger partial charge in [0.2, 0.25) is 0 Å². The van der Waals surface area contributed by atoms with Gasteiger partial charge in [0.1, 0.15) is 11.5 Å². The Balaban J connectivity index is 2.33. The first-order valence-electron chi connectivity index (χ1n) is 4.53. The van der Waals surface area contributed by atoms with E-state index in [1.54, 1.807) is 17.6 Å². The number of nitrogens with zero attached hydrogens (tertiary/aromatic N) is 2. The number of rotatable bonds is 1. The number of thiazole rings is 1. The highest BCUT2D eigenvalue weighted by molar-refractivity contribution is 7.15. The van der Waals surface area contributed by atoms with Crippen LogP contribution in [0.3, 0.4) is 0 Å². The van der Waals surface area contributed by atoms with Crippen molar-refractivity contribution in [3.63, 3.8) is 0 Å². The fraction of sp³-hybridized carbons (Fsp3) is 0.100. The fourth-order valence-electron chi connectivity index (χ4n) is 1.62. The van der Waals surface area contributed by atoms with Crippen molar-refractivity contribution < 1.29 is 4.42 Å². The largest absolute Gasteiger partial charge is 0.463 e. The predicted molar refractivity (Wildman–Crippen MR) is 59.9 cm³/mol. The molecule has 0 radical (unpaired) electrons. The quantitative estimate of drug-likeness (QED) is 0.684.